The summed E-state index contributed by atoms with van der Waals surface area (Å²) in [6.07, 6.45) is 0.816. The molecule has 2 amide bonds. The molecule has 1 fully saturated rings. The van der Waals surface area contributed by atoms with Gasteiger partial charge < -0.3 is 15.1 Å². The van der Waals surface area contributed by atoms with E-state index in [2.05, 4.69) is 33.3 Å². The van der Waals surface area contributed by atoms with Gasteiger partial charge in [-0.3, -0.25) is 14.5 Å². The number of piperazine rings is 1. The highest BCUT2D eigenvalue weighted by Gasteiger charge is 2.46. The number of fused-ring (bicyclic) bond motifs is 4. The van der Waals surface area contributed by atoms with Crippen molar-refractivity contribution in [3.05, 3.63) is 100 Å². The Morgan fingerprint density at radius 2 is 1.65 bits per heavy atom. The molecule has 1 saturated heterocycles. The number of rotatable bonds is 5. The van der Waals surface area contributed by atoms with Gasteiger partial charge in [0.25, 0.3) is 5.91 Å². The molecule has 0 saturated carbocycles. The molecular weight excluding hydrogens is 484 g/mol. The number of halogens is 1. The normalized spacial score (nSPS) is 21.2. The molecular formula is C30H31ClN4O2. The quantitative estimate of drug-likeness (QED) is 0.556. The first-order valence-corrected chi connectivity index (χ1v) is 13.5. The van der Waals surface area contributed by atoms with Crippen molar-refractivity contribution in [1.29, 1.82) is 0 Å². The molecule has 0 unspecified atom stereocenters. The molecule has 0 radical (unpaired) electrons. The highest BCUT2D eigenvalue weighted by molar-refractivity contribution is 6.30. The number of anilines is 1. The van der Waals surface area contributed by atoms with Crippen molar-refractivity contribution in [3.63, 3.8) is 0 Å². The van der Waals surface area contributed by atoms with Crippen molar-refractivity contribution in [2.45, 2.75) is 18.4 Å². The molecule has 1 N–H and O–H groups in total. The lowest BCUT2D eigenvalue weighted by molar-refractivity contribution is -0.124. The van der Waals surface area contributed by atoms with Crippen LogP contribution < -0.4 is 10.2 Å². The minimum atomic E-state index is -0.421. The Kier molecular flexibility index (Phi) is 6.61. The van der Waals surface area contributed by atoms with Gasteiger partial charge >= 0.3 is 0 Å². The molecule has 3 aromatic carbocycles. The average molecular weight is 515 g/mol. The van der Waals surface area contributed by atoms with E-state index in [1.807, 2.05) is 59.5 Å². The van der Waals surface area contributed by atoms with Crippen LogP contribution in [0.1, 0.15) is 39.0 Å². The van der Waals surface area contributed by atoms with E-state index < -0.39 is 5.92 Å². The lowest BCUT2D eigenvalue weighted by Gasteiger charge is -2.45. The Bertz CT molecular complexity index is 1320. The number of carbonyl (C=O) groups excluding carboxylic acids is 2. The molecule has 0 aliphatic carbocycles. The largest absolute Gasteiger partial charge is 0.369 e. The van der Waals surface area contributed by atoms with Gasteiger partial charge in [0.05, 0.1) is 12.0 Å². The zero-order chi connectivity index (χ0) is 25.4. The monoisotopic (exact) mass is 514 g/mol. The predicted molar refractivity (Wildman–Crippen MR) is 146 cm³/mol. The van der Waals surface area contributed by atoms with Crippen molar-refractivity contribution in [2.24, 2.45) is 0 Å². The van der Waals surface area contributed by atoms with Crippen LogP contribution in [0, 0.1) is 0 Å². The minimum absolute atomic E-state index is 0.00998. The zero-order valence-corrected chi connectivity index (χ0v) is 21.5. The first kappa shape index (κ1) is 24.0. The number of hydrogen-bond donors (Lipinski definition) is 1. The SMILES string of the molecule is O=C(NCCN1CCN(c2cccc(Cl)c2)CC1)[C@H]1c2ccccc2C(=O)N2CCc3ccccc3[C@H]12. The van der Waals surface area contributed by atoms with Crippen LogP contribution in [0.4, 0.5) is 5.69 Å². The molecule has 2 atom stereocenters. The average Bonchev–Trinajstić information content (AvgIpc) is 2.93. The number of hydrogen-bond acceptors (Lipinski definition) is 4. The Hall–Kier alpha value is -3.35. The Morgan fingerprint density at radius 3 is 2.46 bits per heavy atom. The maximum atomic E-state index is 13.8. The van der Waals surface area contributed by atoms with Crippen LogP contribution in [-0.4, -0.2) is 67.4 Å². The van der Waals surface area contributed by atoms with Crippen molar-refractivity contribution in [1.82, 2.24) is 15.1 Å². The molecule has 3 aromatic rings. The van der Waals surface area contributed by atoms with Crippen molar-refractivity contribution in [3.8, 4) is 0 Å². The van der Waals surface area contributed by atoms with E-state index in [0.29, 0.717) is 18.7 Å². The summed E-state index contributed by atoms with van der Waals surface area (Å²) in [5.41, 5.74) is 4.96. The molecule has 7 heteroatoms. The van der Waals surface area contributed by atoms with E-state index in [1.54, 1.807) is 0 Å². The number of nitrogens with one attached hydrogen (secondary N) is 1. The lowest BCUT2D eigenvalue weighted by atomic mass is 9.76. The van der Waals surface area contributed by atoms with Gasteiger partial charge in [0.1, 0.15) is 0 Å². The number of benzene rings is 3. The van der Waals surface area contributed by atoms with Gasteiger partial charge in [-0.25, -0.2) is 0 Å². The number of carbonyl (C=O) groups is 2. The van der Waals surface area contributed by atoms with Crippen LogP contribution >= 0.6 is 11.6 Å². The van der Waals surface area contributed by atoms with Crippen LogP contribution in [0.15, 0.2) is 72.8 Å². The topological polar surface area (TPSA) is 55.9 Å². The first-order chi connectivity index (χ1) is 18.1. The first-order valence-electron chi connectivity index (χ1n) is 13.1. The van der Waals surface area contributed by atoms with Crippen molar-refractivity contribution < 1.29 is 9.59 Å². The summed E-state index contributed by atoms with van der Waals surface area (Å²) >= 11 is 6.17. The van der Waals surface area contributed by atoms with E-state index in [9.17, 15) is 9.59 Å². The van der Waals surface area contributed by atoms with Gasteiger partial charge in [-0.05, 0) is 47.4 Å². The Balaban J connectivity index is 1.14. The summed E-state index contributed by atoms with van der Waals surface area (Å²) in [5, 5.41) is 3.98. The van der Waals surface area contributed by atoms with Gasteiger partial charge in [0, 0.05) is 62.1 Å². The summed E-state index contributed by atoms with van der Waals surface area (Å²) in [6, 6.07) is 23.6. The maximum absolute atomic E-state index is 13.8. The fourth-order valence-corrected chi connectivity index (χ4v) is 6.29. The second-order valence-electron chi connectivity index (χ2n) is 10.1. The van der Waals surface area contributed by atoms with Crippen LogP contribution in [0.25, 0.3) is 0 Å². The van der Waals surface area contributed by atoms with E-state index in [1.165, 1.54) is 5.56 Å². The predicted octanol–water partition coefficient (Wildman–Crippen LogP) is 4.12. The molecule has 3 heterocycles. The molecule has 190 valence electrons. The number of amides is 2. The molecule has 6 nitrogen and oxygen atoms in total. The third-order valence-corrected chi connectivity index (χ3v) is 8.22. The molecule has 37 heavy (non-hydrogen) atoms. The summed E-state index contributed by atoms with van der Waals surface area (Å²) in [7, 11) is 0. The van der Waals surface area contributed by atoms with E-state index in [4.69, 9.17) is 11.6 Å². The fraction of sp³-hybridized carbons (Fsp3) is 0.333. The highest BCUT2D eigenvalue weighted by Crippen LogP contribution is 2.45. The molecule has 0 bridgehead atoms. The smallest absolute Gasteiger partial charge is 0.254 e. The molecule has 6 rings (SSSR count). The molecule has 3 aliphatic rings. The molecule has 0 aromatic heterocycles. The van der Waals surface area contributed by atoms with Crippen molar-refractivity contribution >= 4 is 29.1 Å². The molecule has 3 aliphatic heterocycles. The number of nitrogens with zero attached hydrogens (tertiary/aromatic N) is 3. The van der Waals surface area contributed by atoms with Gasteiger partial charge in [-0.1, -0.05) is 60.1 Å². The van der Waals surface area contributed by atoms with Crippen molar-refractivity contribution in [2.75, 3.05) is 50.7 Å². The second-order valence-corrected chi connectivity index (χ2v) is 10.5. The summed E-state index contributed by atoms with van der Waals surface area (Å²) in [5.74, 6) is -0.407. The second kappa shape index (κ2) is 10.2. The standard InChI is InChI=1S/C30H31ClN4O2/c31-22-7-5-8-23(20-22)34-18-16-33(17-19-34)15-13-32-29(36)27-25-10-3-4-11-26(25)30(37)35-14-12-21-6-1-2-9-24(21)28(27)35/h1-11,20,27-28H,12-19H2,(H,32,36)/t27-,28+/m0/s1. The highest BCUT2D eigenvalue weighted by atomic mass is 35.5. The van der Waals surface area contributed by atoms with Gasteiger partial charge in [-0.2, -0.15) is 0 Å². The van der Waals surface area contributed by atoms with Crippen LogP contribution in [0.5, 0.6) is 0 Å². The van der Waals surface area contributed by atoms with Crippen LogP contribution in [-0.2, 0) is 11.2 Å². The Morgan fingerprint density at radius 1 is 0.892 bits per heavy atom. The lowest BCUT2D eigenvalue weighted by Crippen LogP contribution is -2.51. The zero-order valence-electron chi connectivity index (χ0n) is 20.8. The van der Waals surface area contributed by atoms with E-state index in [-0.39, 0.29) is 17.9 Å². The van der Waals surface area contributed by atoms with E-state index in [0.717, 1.165) is 61.0 Å². The fourth-order valence-electron chi connectivity index (χ4n) is 6.11. The Labute approximate surface area is 222 Å². The van der Waals surface area contributed by atoms with E-state index >= 15 is 0 Å². The van der Waals surface area contributed by atoms with Crippen LogP contribution in [0.2, 0.25) is 5.02 Å². The maximum Gasteiger partial charge on any atom is 0.254 e. The van der Waals surface area contributed by atoms with Gasteiger partial charge in [0.15, 0.2) is 0 Å². The summed E-state index contributed by atoms with van der Waals surface area (Å²) in [4.78, 5) is 33.8. The summed E-state index contributed by atoms with van der Waals surface area (Å²) in [6.45, 7) is 5.75. The minimum Gasteiger partial charge on any atom is -0.369 e. The molecule has 0 spiro atoms. The summed E-state index contributed by atoms with van der Waals surface area (Å²) < 4.78 is 0. The van der Waals surface area contributed by atoms with Gasteiger partial charge in [-0.15, -0.1) is 0 Å². The third-order valence-electron chi connectivity index (χ3n) is 7.99. The van der Waals surface area contributed by atoms with Crippen LogP contribution in [0.3, 0.4) is 0 Å². The third kappa shape index (κ3) is 4.60. The van der Waals surface area contributed by atoms with Gasteiger partial charge in [0.2, 0.25) is 5.91 Å².